The molecule has 0 aliphatic heterocycles. The summed E-state index contributed by atoms with van der Waals surface area (Å²) in [7, 11) is 0. The summed E-state index contributed by atoms with van der Waals surface area (Å²) in [6, 6.07) is 13.3. The Balaban J connectivity index is 2.18. The first-order valence-corrected chi connectivity index (χ1v) is 28.1. The lowest BCUT2D eigenvalue weighted by atomic mass is 9.75. The van der Waals surface area contributed by atoms with E-state index in [0.29, 0.717) is 36.5 Å². The van der Waals surface area contributed by atoms with Crippen LogP contribution in [-0.4, -0.2) is 35.3 Å². The Morgan fingerprint density at radius 3 is 0.577 bits per heavy atom. The van der Waals surface area contributed by atoms with Crippen molar-refractivity contribution >= 4 is 18.5 Å². The molecule has 0 aromatic heterocycles. The van der Waals surface area contributed by atoms with Crippen molar-refractivity contribution in [3.63, 3.8) is 0 Å². The average Bonchev–Trinajstić information content (AvgIpc) is 3.19. The Morgan fingerprint density at radius 1 is 0.295 bits per heavy atom. The van der Waals surface area contributed by atoms with Gasteiger partial charge < -0.3 is 28.4 Å². The number of benzene rings is 4. The SMILES string of the molecule is Cc1c(Cc2cc(C(C)(C)C)c(OC(=O)OC(C)(C)C)c(C(C)(C)C)c2)c(C)c(Cc2cc(C(C)(C)C)c(OC(=O)OC(C)(C)C)c(C(C)(C)C)c2)c(C)c1Cc1cc(C(C)(C)C)c(OC(=O)OC(C)(C)C)c(C(C)(C)C)c1. The Bertz CT molecular complexity index is 2440. The Hall–Kier alpha value is -5.31. The van der Waals surface area contributed by atoms with E-state index < -0.39 is 67.8 Å². The second-order valence-corrected chi connectivity index (χ2v) is 31.1. The van der Waals surface area contributed by atoms with Gasteiger partial charge in [0.2, 0.25) is 0 Å². The van der Waals surface area contributed by atoms with Gasteiger partial charge in [0.25, 0.3) is 0 Å². The molecule has 0 bridgehead atoms. The maximum atomic E-state index is 13.5. The van der Waals surface area contributed by atoms with Gasteiger partial charge in [0.15, 0.2) is 0 Å². The van der Waals surface area contributed by atoms with Crippen molar-refractivity contribution in [3.8, 4) is 17.2 Å². The van der Waals surface area contributed by atoms with Gasteiger partial charge >= 0.3 is 18.5 Å². The van der Waals surface area contributed by atoms with Crippen LogP contribution < -0.4 is 14.2 Å². The van der Waals surface area contributed by atoms with Crippen LogP contribution in [0.15, 0.2) is 36.4 Å². The lowest BCUT2D eigenvalue weighted by Gasteiger charge is -2.32. The van der Waals surface area contributed by atoms with Gasteiger partial charge in [-0.25, -0.2) is 14.4 Å². The lowest BCUT2D eigenvalue weighted by molar-refractivity contribution is 0.0185. The van der Waals surface area contributed by atoms with Crippen molar-refractivity contribution in [1.29, 1.82) is 0 Å². The van der Waals surface area contributed by atoms with Crippen LogP contribution in [0, 0.1) is 20.8 Å². The molecular weight excluding hydrogens is 973 g/mol. The molecule has 0 heterocycles. The first-order valence-electron chi connectivity index (χ1n) is 28.1. The van der Waals surface area contributed by atoms with Crippen LogP contribution in [0.4, 0.5) is 14.4 Å². The number of carbonyl (C=O) groups excluding carboxylic acids is 3. The standard InChI is InChI=1S/C69H102O9/c1-40-46(31-43-34-49(61(4,5)6)55(50(35-43)62(7,8)9)73-58(70)76-67(22,23)24)41(2)48(33-45-38-53(65(16,17)18)57(54(39-45)66(19,20)21)75-60(72)78-69(28,29)30)42(3)47(40)32-44-36-51(63(10,11)12)56(52(37-44)64(13,14)15)74-59(71)77-68(25,26)27/h34-39H,31-33H2,1-30H3. The molecule has 4 aromatic rings. The molecular formula is C69H102O9. The Kier molecular flexibility index (Phi) is 18.7. The predicted molar refractivity (Wildman–Crippen MR) is 321 cm³/mol. The van der Waals surface area contributed by atoms with Crippen molar-refractivity contribution in [2.75, 3.05) is 0 Å². The van der Waals surface area contributed by atoms with Crippen molar-refractivity contribution in [3.05, 3.63) is 120 Å². The molecule has 0 aliphatic rings. The Morgan fingerprint density at radius 2 is 0.449 bits per heavy atom. The van der Waals surface area contributed by atoms with E-state index in [9.17, 15) is 14.4 Å². The molecule has 4 aromatic carbocycles. The molecule has 0 atom stereocenters. The minimum atomic E-state index is -0.729. The third-order valence-corrected chi connectivity index (χ3v) is 13.9. The monoisotopic (exact) mass is 1070 g/mol. The van der Waals surface area contributed by atoms with E-state index in [1.54, 1.807) is 0 Å². The molecule has 0 N–H and O–H groups in total. The summed E-state index contributed by atoms with van der Waals surface area (Å²) in [6.45, 7) is 62.1. The molecule has 0 saturated carbocycles. The number of rotatable bonds is 9. The van der Waals surface area contributed by atoms with Gasteiger partial charge in [-0.3, -0.25) is 0 Å². The Labute approximate surface area is 472 Å². The summed E-state index contributed by atoms with van der Waals surface area (Å²) in [5, 5.41) is 0. The number of hydrogen-bond acceptors (Lipinski definition) is 9. The quantitative estimate of drug-likeness (QED) is 0.0920. The molecule has 9 heteroatoms. The van der Waals surface area contributed by atoms with Crippen LogP contribution in [0.5, 0.6) is 17.2 Å². The van der Waals surface area contributed by atoms with Crippen LogP contribution in [0.1, 0.15) is 270 Å². The van der Waals surface area contributed by atoms with E-state index in [1.807, 2.05) is 62.3 Å². The summed E-state index contributed by atoms with van der Waals surface area (Å²) in [6.07, 6.45) is -0.343. The molecule has 9 nitrogen and oxygen atoms in total. The van der Waals surface area contributed by atoms with E-state index in [1.165, 1.54) is 33.4 Å². The van der Waals surface area contributed by atoms with Crippen molar-refractivity contribution in [2.45, 2.75) is 276 Å². The number of ether oxygens (including phenoxy) is 6. The minimum absolute atomic E-state index is 0.398. The van der Waals surface area contributed by atoms with Crippen LogP contribution in [0.25, 0.3) is 0 Å². The topological polar surface area (TPSA) is 107 Å². The fraction of sp³-hybridized carbons (Fsp3) is 0.609. The van der Waals surface area contributed by atoms with Crippen LogP contribution >= 0.6 is 0 Å². The summed E-state index contributed by atoms with van der Waals surface area (Å²) in [5.41, 5.74) is 11.6. The van der Waals surface area contributed by atoms with E-state index in [-0.39, 0.29) is 0 Å². The molecule has 0 saturated heterocycles. The largest absolute Gasteiger partial charge is 0.514 e. The molecule has 0 spiro atoms. The fourth-order valence-electron chi connectivity index (χ4n) is 9.91. The highest BCUT2D eigenvalue weighted by Gasteiger charge is 2.35. The van der Waals surface area contributed by atoms with Crippen LogP contribution in [-0.2, 0) is 66.0 Å². The number of carbonyl (C=O) groups is 3. The van der Waals surface area contributed by atoms with Gasteiger partial charge in [-0.05, 0) is 185 Å². The van der Waals surface area contributed by atoms with E-state index in [0.717, 1.165) is 50.1 Å². The highest BCUT2D eigenvalue weighted by Crippen LogP contribution is 2.46. The maximum Gasteiger partial charge on any atom is 0.514 e. The summed E-state index contributed by atoms with van der Waals surface area (Å²) >= 11 is 0. The zero-order chi connectivity index (χ0) is 60.2. The molecule has 0 radical (unpaired) electrons. The lowest BCUT2D eigenvalue weighted by Crippen LogP contribution is -2.28. The van der Waals surface area contributed by atoms with Gasteiger partial charge in [-0.15, -0.1) is 0 Å². The van der Waals surface area contributed by atoms with Gasteiger partial charge in [0.1, 0.15) is 34.1 Å². The zero-order valence-corrected chi connectivity index (χ0v) is 54.3. The molecule has 0 aliphatic carbocycles. The number of hydrogen-bond donors (Lipinski definition) is 0. The van der Waals surface area contributed by atoms with Gasteiger partial charge in [0.05, 0.1) is 0 Å². The summed E-state index contributed by atoms with van der Waals surface area (Å²) in [4.78, 5) is 40.5. The first kappa shape index (κ1) is 65.2. The van der Waals surface area contributed by atoms with Gasteiger partial charge in [-0.1, -0.05) is 161 Å². The van der Waals surface area contributed by atoms with E-state index >= 15 is 0 Å². The summed E-state index contributed by atoms with van der Waals surface area (Å²) in [5.74, 6) is 1.62. The predicted octanol–water partition coefficient (Wildman–Crippen LogP) is 19.1. The molecule has 432 valence electrons. The highest BCUT2D eigenvalue weighted by atomic mass is 16.7. The first-order chi connectivity index (χ1) is 34.8. The molecule has 0 unspecified atom stereocenters. The molecule has 0 amide bonds. The maximum absolute atomic E-state index is 13.5. The zero-order valence-electron chi connectivity index (χ0n) is 54.3. The van der Waals surface area contributed by atoms with Crippen molar-refractivity contribution in [2.24, 2.45) is 0 Å². The summed E-state index contributed by atoms with van der Waals surface area (Å²) < 4.78 is 36.0. The molecule has 78 heavy (non-hydrogen) atoms. The third-order valence-electron chi connectivity index (χ3n) is 13.9. The second-order valence-electron chi connectivity index (χ2n) is 31.1. The van der Waals surface area contributed by atoms with Crippen LogP contribution in [0.2, 0.25) is 0 Å². The average molecular weight is 1080 g/mol. The second kappa shape index (κ2) is 22.3. The third kappa shape index (κ3) is 17.1. The van der Waals surface area contributed by atoms with Crippen molar-refractivity contribution < 1.29 is 42.8 Å². The highest BCUT2D eigenvalue weighted by molar-refractivity contribution is 5.70. The molecule has 0 fully saturated rings. The minimum Gasteiger partial charge on any atom is -0.428 e. The smallest absolute Gasteiger partial charge is 0.428 e. The van der Waals surface area contributed by atoms with Crippen LogP contribution in [0.3, 0.4) is 0 Å². The normalized spacial score (nSPS) is 13.3. The van der Waals surface area contributed by atoms with Gasteiger partial charge in [0, 0.05) is 33.4 Å². The van der Waals surface area contributed by atoms with Crippen molar-refractivity contribution in [1.82, 2.24) is 0 Å². The van der Waals surface area contributed by atoms with E-state index in [2.05, 4.69) is 182 Å². The van der Waals surface area contributed by atoms with E-state index in [4.69, 9.17) is 28.4 Å². The fourth-order valence-corrected chi connectivity index (χ4v) is 9.91. The molecule has 4 rings (SSSR count). The van der Waals surface area contributed by atoms with Gasteiger partial charge in [-0.2, -0.15) is 0 Å².